The Morgan fingerprint density at radius 1 is 1.25 bits per heavy atom. The number of nitrogens with one attached hydrogen (secondary N) is 1. The second-order valence-corrected chi connectivity index (χ2v) is 6.20. The number of carbonyl (C=O) groups excluding carboxylic acids is 1. The van der Waals surface area contributed by atoms with Gasteiger partial charge in [-0.3, -0.25) is 14.9 Å². The van der Waals surface area contributed by atoms with E-state index in [1.807, 2.05) is 20.9 Å². The van der Waals surface area contributed by atoms with E-state index in [-0.39, 0.29) is 18.4 Å². The number of likely N-dealkylation sites (N-methyl/N-ethyl adjacent to an activating group) is 1. The highest BCUT2D eigenvalue weighted by Gasteiger charge is 2.24. The van der Waals surface area contributed by atoms with E-state index in [0.29, 0.717) is 12.5 Å². The number of carboxylic acid groups (broad SMARTS) is 1. The molecule has 20 heavy (non-hydrogen) atoms. The van der Waals surface area contributed by atoms with E-state index in [2.05, 4.69) is 5.32 Å². The maximum Gasteiger partial charge on any atom is 0.320 e. The molecule has 0 aromatic rings. The van der Waals surface area contributed by atoms with Crippen molar-refractivity contribution in [2.24, 2.45) is 5.92 Å². The van der Waals surface area contributed by atoms with Crippen molar-refractivity contribution >= 4 is 11.9 Å². The Labute approximate surface area is 121 Å². The average Bonchev–Trinajstić information content (AvgIpc) is 2.42. The van der Waals surface area contributed by atoms with Gasteiger partial charge in [0.2, 0.25) is 5.91 Å². The van der Waals surface area contributed by atoms with Crippen LogP contribution in [-0.4, -0.2) is 47.6 Å². The molecule has 0 aliphatic heterocycles. The van der Waals surface area contributed by atoms with Gasteiger partial charge in [-0.15, -0.1) is 0 Å². The second-order valence-electron chi connectivity index (χ2n) is 6.20. The lowest BCUT2D eigenvalue weighted by molar-refractivity contribution is -0.140. The van der Waals surface area contributed by atoms with Crippen molar-refractivity contribution in [3.05, 3.63) is 0 Å². The van der Waals surface area contributed by atoms with Crippen molar-refractivity contribution < 1.29 is 14.7 Å². The summed E-state index contributed by atoms with van der Waals surface area (Å²) < 4.78 is 0. The van der Waals surface area contributed by atoms with Gasteiger partial charge in [0.05, 0.1) is 6.54 Å². The Morgan fingerprint density at radius 2 is 1.85 bits per heavy atom. The number of aliphatic carboxylic acids is 1. The van der Waals surface area contributed by atoms with Gasteiger partial charge in [-0.2, -0.15) is 0 Å². The minimum atomic E-state index is -0.883. The molecule has 0 saturated heterocycles. The Hall–Kier alpha value is -1.10. The summed E-state index contributed by atoms with van der Waals surface area (Å²) in [6.07, 6.45) is 6.29. The summed E-state index contributed by atoms with van der Waals surface area (Å²) in [4.78, 5) is 25.0. The topological polar surface area (TPSA) is 69.6 Å². The summed E-state index contributed by atoms with van der Waals surface area (Å²) in [5.41, 5.74) is 0. The monoisotopic (exact) mass is 284 g/mol. The minimum Gasteiger partial charge on any atom is -0.480 e. The van der Waals surface area contributed by atoms with Crippen molar-refractivity contribution in [2.45, 2.75) is 64.5 Å². The zero-order valence-corrected chi connectivity index (χ0v) is 12.9. The molecule has 0 aromatic heterocycles. The molecule has 1 fully saturated rings. The molecule has 116 valence electrons. The SMILES string of the molecule is CC(C)CC(NCC(=O)N(C)C1CCCCC1)C(=O)O. The molecule has 2 N–H and O–H groups in total. The highest BCUT2D eigenvalue weighted by atomic mass is 16.4. The summed E-state index contributed by atoms with van der Waals surface area (Å²) in [6, 6.07) is -0.315. The number of carbonyl (C=O) groups is 2. The first-order valence-corrected chi connectivity index (χ1v) is 7.63. The number of rotatable bonds is 7. The molecule has 1 amide bonds. The van der Waals surface area contributed by atoms with Crippen LogP contribution in [0.25, 0.3) is 0 Å². The van der Waals surface area contributed by atoms with Crippen LogP contribution in [0.15, 0.2) is 0 Å². The summed E-state index contributed by atoms with van der Waals surface area (Å²) in [7, 11) is 1.83. The number of hydrogen-bond donors (Lipinski definition) is 2. The van der Waals surface area contributed by atoms with E-state index >= 15 is 0 Å². The second kappa shape index (κ2) is 8.25. The fourth-order valence-electron chi connectivity index (χ4n) is 2.75. The van der Waals surface area contributed by atoms with E-state index in [1.54, 1.807) is 4.90 Å². The van der Waals surface area contributed by atoms with Gasteiger partial charge in [-0.1, -0.05) is 33.1 Å². The Bertz CT molecular complexity index is 325. The van der Waals surface area contributed by atoms with Gasteiger partial charge < -0.3 is 10.0 Å². The van der Waals surface area contributed by atoms with Gasteiger partial charge in [0.15, 0.2) is 0 Å². The largest absolute Gasteiger partial charge is 0.480 e. The van der Waals surface area contributed by atoms with Gasteiger partial charge in [0, 0.05) is 13.1 Å². The quantitative estimate of drug-likeness (QED) is 0.749. The predicted molar refractivity (Wildman–Crippen MR) is 78.5 cm³/mol. The van der Waals surface area contributed by atoms with Gasteiger partial charge in [0.25, 0.3) is 0 Å². The van der Waals surface area contributed by atoms with Crippen molar-refractivity contribution in [1.29, 1.82) is 0 Å². The van der Waals surface area contributed by atoms with Crippen molar-refractivity contribution in [1.82, 2.24) is 10.2 Å². The van der Waals surface area contributed by atoms with Gasteiger partial charge >= 0.3 is 5.97 Å². The molecule has 0 radical (unpaired) electrons. The standard InChI is InChI=1S/C15H28N2O3/c1-11(2)9-13(15(19)20)16-10-14(18)17(3)12-7-5-4-6-8-12/h11-13,16H,4-10H2,1-3H3,(H,19,20). The molecule has 1 atom stereocenters. The predicted octanol–water partition coefficient (Wildman–Crippen LogP) is 1.87. The lowest BCUT2D eigenvalue weighted by Crippen LogP contribution is -2.47. The van der Waals surface area contributed by atoms with Crippen LogP contribution in [0.1, 0.15) is 52.4 Å². The van der Waals surface area contributed by atoms with Crippen LogP contribution in [0, 0.1) is 5.92 Å². The molecule has 1 aliphatic carbocycles. The number of nitrogens with zero attached hydrogens (tertiary/aromatic N) is 1. The molecule has 1 saturated carbocycles. The minimum absolute atomic E-state index is 0.00749. The first kappa shape index (κ1) is 17.0. The fourth-order valence-corrected chi connectivity index (χ4v) is 2.75. The lowest BCUT2D eigenvalue weighted by Gasteiger charge is -2.31. The van der Waals surface area contributed by atoms with E-state index in [4.69, 9.17) is 5.11 Å². The highest BCUT2D eigenvalue weighted by molar-refractivity contribution is 5.80. The van der Waals surface area contributed by atoms with E-state index in [9.17, 15) is 9.59 Å². The van der Waals surface area contributed by atoms with E-state index in [1.165, 1.54) is 19.3 Å². The summed E-state index contributed by atoms with van der Waals surface area (Å²) >= 11 is 0. The summed E-state index contributed by atoms with van der Waals surface area (Å²) in [5, 5.41) is 12.0. The zero-order valence-electron chi connectivity index (χ0n) is 12.9. The fraction of sp³-hybridized carbons (Fsp3) is 0.867. The third-order valence-electron chi connectivity index (χ3n) is 4.02. The Balaban J connectivity index is 2.41. The third kappa shape index (κ3) is 5.49. The Morgan fingerprint density at radius 3 is 2.35 bits per heavy atom. The Kier molecular flexibility index (Phi) is 6.99. The molecule has 0 spiro atoms. The molecule has 5 heteroatoms. The number of hydrogen-bond acceptors (Lipinski definition) is 3. The molecular formula is C15H28N2O3. The van der Waals surface area contributed by atoms with Crippen LogP contribution in [0.4, 0.5) is 0 Å². The maximum atomic E-state index is 12.1. The smallest absolute Gasteiger partial charge is 0.320 e. The molecule has 0 aromatic carbocycles. The molecular weight excluding hydrogens is 256 g/mol. The van der Waals surface area contributed by atoms with Crippen LogP contribution < -0.4 is 5.32 Å². The first-order chi connectivity index (χ1) is 9.41. The molecule has 1 unspecified atom stereocenters. The molecule has 0 heterocycles. The van der Waals surface area contributed by atoms with Crippen LogP contribution in [0.5, 0.6) is 0 Å². The third-order valence-corrected chi connectivity index (χ3v) is 4.02. The first-order valence-electron chi connectivity index (χ1n) is 7.63. The van der Waals surface area contributed by atoms with Gasteiger partial charge in [0.1, 0.15) is 6.04 Å². The van der Waals surface area contributed by atoms with Crippen molar-refractivity contribution in [3.63, 3.8) is 0 Å². The van der Waals surface area contributed by atoms with E-state index in [0.717, 1.165) is 12.8 Å². The van der Waals surface area contributed by atoms with Gasteiger partial charge in [-0.05, 0) is 25.2 Å². The summed E-state index contributed by atoms with van der Waals surface area (Å²) in [6.45, 7) is 4.07. The molecule has 0 bridgehead atoms. The maximum absolute atomic E-state index is 12.1. The average molecular weight is 284 g/mol. The van der Waals surface area contributed by atoms with Crippen LogP contribution in [0.3, 0.4) is 0 Å². The zero-order chi connectivity index (χ0) is 15.1. The number of amides is 1. The van der Waals surface area contributed by atoms with Crippen LogP contribution in [0.2, 0.25) is 0 Å². The normalized spacial score (nSPS) is 18.0. The molecule has 5 nitrogen and oxygen atoms in total. The van der Waals surface area contributed by atoms with Crippen LogP contribution >= 0.6 is 0 Å². The van der Waals surface area contributed by atoms with Crippen molar-refractivity contribution in [2.75, 3.05) is 13.6 Å². The van der Waals surface area contributed by atoms with Crippen LogP contribution in [-0.2, 0) is 9.59 Å². The lowest BCUT2D eigenvalue weighted by atomic mass is 9.94. The highest BCUT2D eigenvalue weighted by Crippen LogP contribution is 2.21. The van der Waals surface area contributed by atoms with E-state index < -0.39 is 12.0 Å². The number of carboxylic acids is 1. The molecule has 1 aliphatic rings. The van der Waals surface area contributed by atoms with Gasteiger partial charge in [-0.25, -0.2) is 0 Å². The molecule has 1 rings (SSSR count). The van der Waals surface area contributed by atoms with Crippen molar-refractivity contribution in [3.8, 4) is 0 Å². The summed E-state index contributed by atoms with van der Waals surface area (Å²) in [5.74, 6) is -0.603.